The number of piperidine rings is 1. The lowest BCUT2D eigenvalue weighted by molar-refractivity contribution is 0.102. The van der Waals surface area contributed by atoms with E-state index in [1.54, 1.807) is 10.9 Å². The number of aromatic nitrogens is 4. The smallest absolute Gasteiger partial charge is 0.279 e. The Labute approximate surface area is 178 Å². The molecule has 4 heterocycles. The van der Waals surface area contributed by atoms with Gasteiger partial charge in [0.05, 0.1) is 24.5 Å². The number of thiazole rings is 1. The highest BCUT2D eigenvalue weighted by Gasteiger charge is 2.20. The average molecular weight is 433 g/mol. The molecule has 2 N–H and O–H groups in total. The molecular weight excluding hydrogens is 412 g/mol. The van der Waals surface area contributed by atoms with Gasteiger partial charge >= 0.3 is 0 Å². The number of fused-ring (bicyclic) bond motifs is 1. The molecule has 152 valence electrons. The number of carbonyl (C=O) groups is 1. The van der Waals surface area contributed by atoms with E-state index in [-0.39, 0.29) is 18.3 Å². The number of hydrogen-bond acceptors (Lipinski definition) is 7. The first-order chi connectivity index (χ1) is 13.8. The molecule has 0 atom stereocenters. The van der Waals surface area contributed by atoms with Gasteiger partial charge in [-0.3, -0.25) is 10.1 Å². The van der Waals surface area contributed by atoms with E-state index in [0.29, 0.717) is 16.9 Å². The van der Waals surface area contributed by atoms with Crippen LogP contribution >= 0.6 is 23.7 Å². The van der Waals surface area contributed by atoms with Crippen molar-refractivity contribution in [3.05, 3.63) is 41.0 Å². The number of nitrogens with zero attached hydrogens (tertiary/aromatic N) is 4. The molecular formula is C19H21ClN6O2S. The zero-order valence-corrected chi connectivity index (χ0v) is 17.3. The minimum atomic E-state index is -0.288. The van der Waals surface area contributed by atoms with Crippen LogP contribution in [0.1, 0.15) is 34.9 Å². The van der Waals surface area contributed by atoms with E-state index in [2.05, 4.69) is 32.0 Å². The molecule has 2 aromatic heterocycles. The molecule has 1 aromatic carbocycles. The molecule has 5 rings (SSSR count). The summed E-state index contributed by atoms with van der Waals surface area (Å²) < 4.78 is 7.35. The van der Waals surface area contributed by atoms with Crippen molar-refractivity contribution in [1.29, 1.82) is 0 Å². The number of benzene rings is 1. The number of amides is 1. The van der Waals surface area contributed by atoms with Crippen LogP contribution < -0.4 is 15.4 Å². The molecule has 0 unspecified atom stereocenters. The van der Waals surface area contributed by atoms with Crippen molar-refractivity contribution in [2.75, 3.05) is 25.0 Å². The predicted octanol–water partition coefficient (Wildman–Crippen LogP) is 2.94. The van der Waals surface area contributed by atoms with Crippen LogP contribution in [0.3, 0.4) is 0 Å². The quantitative estimate of drug-likeness (QED) is 0.658. The maximum absolute atomic E-state index is 12.5. The highest BCUT2D eigenvalue weighted by atomic mass is 35.5. The number of hydrogen-bond donors (Lipinski definition) is 2. The third-order valence-corrected chi connectivity index (χ3v) is 5.89. The summed E-state index contributed by atoms with van der Waals surface area (Å²) in [5, 5.41) is 16.8. The van der Waals surface area contributed by atoms with Crippen LogP contribution in [0.2, 0.25) is 0 Å². The SMILES string of the molecule is Cl.O=C(Nc1nc(-c2ccc3c(c2)CCO3)cs1)c1cn(C2CCNCC2)nn1. The van der Waals surface area contributed by atoms with E-state index in [1.165, 1.54) is 16.9 Å². The van der Waals surface area contributed by atoms with Crippen LogP contribution in [-0.4, -0.2) is 45.6 Å². The van der Waals surface area contributed by atoms with Crippen molar-refractivity contribution >= 4 is 34.8 Å². The van der Waals surface area contributed by atoms with E-state index in [4.69, 9.17) is 4.74 Å². The molecule has 0 aliphatic carbocycles. The molecule has 1 fully saturated rings. The van der Waals surface area contributed by atoms with Crippen LogP contribution in [0, 0.1) is 0 Å². The van der Waals surface area contributed by atoms with Crippen LogP contribution in [0.25, 0.3) is 11.3 Å². The Hall–Kier alpha value is -2.49. The lowest BCUT2D eigenvalue weighted by atomic mass is 10.1. The lowest BCUT2D eigenvalue weighted by Crippen LogP contribution is -2.29. The number of nitrogens with one attached hydrogen (secondary N) is 2. The summed E-state index contributed by atoms with van der Waals surface area (Å²) in [5.41, 5.74) is 3.38. The summed E-state index contributed by atoms with van der Waals surface area (Å²) in [7, 11) is 0. The molecule has 29 heavy (non-hydrogen) atoms. The van der Waals surface area contributed by atoms with Crippen molar-refractivity contribution in [2.24, 2.45) is 0 Å². The standard InChI is InChI=1S/C19H20N6O2S.ClH/c26-18(15-10-25(24-23-15)14-3-6-20-7-4-14)22-19-21-16(11-28-19)12-1-2-17-13(9-12)5-8-27-17;/h1-2,9-11,14,20H,3-8H2,(H,21,22,26);1H. The second-order valence-corrected chi connectivity index (χ2v) is 7.84. The monoisotopic (exact) mass is 432 g/mol. The zero-order valence-electron chi connectivity index (χ0n) is 15.6. The summed E-state index contributed by atoms with van der Waals surface area (Å²) in [6.45, 7) is 2.65. The molecule has 0 spiro atoms. The highest BCUT2D eigenvalue weighted by molar-refractivity contribution is 7.14. The zero-order chi connectivity index (χ0) is 18.9. The van der Waals surface area contributed by atoms with E-state index < -0.39 is 0 Å². The summed E-state index contributed by atoms with van der Waals surface area (Å²) >= 11 is 1.40. The minimum absolute atomic E-state index is 0. The van der Waals surface area contributed by atoms with Gasteiger partial charge in [0.25, 0.3) is 5.91 Å². The second kappa shape index (κ2) is 8.48. The van der Waals surface area contributed by atoms with Crippen molar-refractivity contribution in [3.8, 4) is 17.0 Å². The largest absolute Gasteiger partial charge is 0.493 e. The van der Waals surface area contributed by atoms with Gasteiger partial charge in [0.1, 0.15) is 5.75 Å². The van der Waals surface area contributed by atoms with Gasteiger partial charge in [0.15, 0.2) is 10.8 Å². The molecule has 1 amide bonds. The van der Waals surface area contributed by atoms with E-state index in [9.17, 15) is 4.79 Å². The molecule has 0 saturated carbocycles. The van der Waals surface area contributed by atoms with E-state index >= 15 is 0 Å². The Balaban J connectivity index is 0.00000205. The van der Waals surface area contributed by atoms with Gasteiger partial charge in [-0.1, -0.05) is 5.21 Å². The van der Waals surface area contributed by atoms with Gasteiger partial charge in [0.2, 0.25) is 0 Å². The third kappa shape index (κ3) is 4.12. The molecule has 8 nitrogen and oxygen atoms in total. The molecule has 10 heteroatoms. The van der Waals surface area contributed by atoms with Gasteiger partial charge in [0, 0.05) is 17.4 Å². The van der Waals surface area contributed by atoms with Crippen molar-refractivity contribution in [2.45, 2.75) is 25.3 Å². The molecule has 2 aliphatic heterocycles. The first-order valence-electron chi connectivity index (χ1n) is 9.42. The Morgan fingerprint density at radius 1 is 1.31 bits per heavy atom. The lowest BCUT2D eigenvalue weighted by Gasteiger charge is -2.21. The maximum Gasteiger partial charge on any atom is 0.279 e. The van der Waals surface area contributed by atoms with Gasteiger partial charge in [-0.15, -0.1) is 28.8 Å². The summed E-state index contributed by atoms with van der Waals surface area (Å²) in [5.74, 6) is 0.660. The Bertz CT molecular complexity index is 1010. The number of rotatable bonds is 4. The van der Waals surface area contributed by atoms with Crippen LogP contribution in [-0.2, 0) is 6.42 Å². The van der Waals surface area contributed by atoms with Crippen molar-refractivity contribution < 1.29 is 9.53 Å². The summed E-state index contributed by atoms with van der Waals surface area (Å²) in [4.78, 5) is 17.1. The van der Waals surface area contributed by atoms with E-state index in [0.717, 1.165) is 56.0 Å². The predicted molar refractivity (Wildman–Crippen MR) is 113 cm³/mol. The number of anilines is 1. The molecule has 1 saturated heterocycles. The number of halogens is 1. The van der Waals surface area contributed by atoms with Gasteiger partial charge in [-0.2, -0.15) is 0 Å². The molecule has 2 aliphatic rings. The number of carbonyl (C=O) groups excluding carboxylic acids is 1. The van der Waals surface area contributed by atoms with E-state index in [1.807, 2.05) is 17.5 Å². The topological polar surface area (TPSA) is 94.0 Å². The number of ether oxygens (including phenoxy) is 1. The molecule has 3 aromatic rings. The minimum Gasteiger partial charge on any atom is -0.493 e. The van der Waals surface area contributed by atoms with Crippen LogP contribution in [0.15, 0.2) is 29.8 Å². The Morgan fingerprint density at radius 2 is 2.17 bits per heavy atom. The maximum atomic E-state index is 12.5. The Kier molecular flexibility index (Phi) is 5.79. The fourth-order valence-corrected chi connectivity index (χ4v) is 4.32. The third-order valence-electron chi connectivity index (χ3n) is 5.14. The van der Waals surface area contributed by atoms with Crippen LogP contribution in [0.4, 0.5) is 5.13 Å². The van der Waals surface area contributed by atoms with Gasteiger partial charge in [-0.05, 0) is 49.7 Å². The fourth-order valence-electron chi connectivity index (χ4n) is 3.60. The molecule has 0 radical (unpaired) electrons. The normalized spacial score (nSPS) is 16.0. The first kappa shape index (κ1) is 19.8. The van der Waals surface area contributed by atoms with Gasteiger partial charge < -0.3 is 10.1 Å². The Morgan fingerprint density at radius 3 is 3.03 bits per heavy atom. The second-order valence-electron chi connectivity index (χ2n) is 6.98. The fraction of sp³-hybridized carbons (Fsp3) is 0.368. The summed E-state index contributed by atoms with van der Waals surface area (Å²) in [6, 6.07) is 6.38. The van der Waals surface area contributed by atoms with Crippen molar-refractivity contribution in [1.82, 2.24) is 25.3 Å². The molecule has 0 bridgehead atoms. The van der Waals surface area contributed by atoms with Crippen molar-refractivity contribution in [3.63, 3.8) is 0 Å². The summed E-state index contributed by atoms with van der Waals surface area (Å²) in [6.07, 6.45) is 4.63. The highest BCUT2D eigenvalue weighted by Crippen LogP contribution is 2.32. The first-order valence-corrected chi connectivity index (χ1v) is 10.3. The van der Waals surface area contributed by atoms with Crippen LogP contribution in [0.5, 0.6) is 5.75 Å². The van der Waals surface area contributed by atoms with Gasteiger partial charge in [-0.25, -0.2) is 9.67 Å². The average Bonchev–Trinajstić information content (AvgIpc) is 3.48.